The number of ether oxygens (including phenoxy) is 1. The molecule has 0 rings (SSSR count). The summed E-state index contributed by atoms with van der Waals surface area (Å²) in [5.41, 5.74) is 0.0328. The van der Waals surface area contributed by atoms with Crippen molar-refractivity contribution in [3.8, 4) is 0 Å². The van der Waals surface area contributed by atoms with Gasteiger partial charge in [-0.15, -0.1) is 0 Å². The maximum Gasteiger partial charge on any atom is 0.0629 e. The fraction of sp³-hybridized carbons (Fsp3) is 1.00. The van der Waals surface area contributed by atoms with Gasteiger partial charge in [0.2, 0.25) is 0 Å². The molecular formula is C10H23NO. The second-order valence-electron chi connectivity index (χ2n) is 4.31. The van der Waals surface area contributed by atoms with Crippen molar-refractivity contribution in [1.82, 2.24) is 5.32 Å². The van der Waals surface area contributed by atoms with Crippen LogP contribution in [0.3, 0.4) is 0 Å². The van der Waals surface area contributed by atoms with Crippen molar-refractivity contribution >= 4 is 0 Å². The molecule has 0 saturated heterocycles. The zero-order valence-corrected chi connectivity index (χ0v) is 9.11. The van der Waals surface area contributed by atoms with E-state index in [1.807, 2.05) is 7.05 Å². The molecule has 0 aliphatic heterocycles. The highest BCUT2D eigenvalue weighted by molar-refractivity contribution is 4.70. The Labute approximate surface area is 76.7 Å². The van der Waals surface area contributed by atoms with Gasteiger partial charge in [0.05, 0.1) is 12.2 Å². The summed E-state index contributed by atoms with van der Waals surface area (Å²) in [6, 6.07) is 0. The van der Waals surface area contributed by atoms with Crippen LogP contribution in [0.15, 0.2) is 0 Å². The summed E-state index contributed by atoms with van der Waals surface area (Å²) >= 11 is 0. The molecule has 2 nitrogen and oxygen atoms in total. The van der Waals surface area contributed by atoms with Crippen molar-refractivity contribution in [2.24, 2.45) is 5.92 Å². The lowest BCUT2D eigenvalue weighted by molar-refractivity contribution is -0.0289. The molecule has 2 heteroatoms. The van der Waals surface area contributed by atoms with Crippen molar-refractivity contribution in [2.75, 3.05) is 20.2 Å². The lowest BCUT2D eigenvalue weighted by atomic mass is 9.96. The lowest BCUT2D eigenvalue weighted by Gasteiger charge is -2.27. The standard InChI is InChI=1S/C10H23NO/c1-9(2)8-10(3,4)12-7-6-11-5/h9,11H,6-8H2,1-5H3. The van der Waals surface area contributed by atoms with Crippen LogP contribution in [0, 0.1) is 5.92 Å². The smallest absolute Gasteiger partial charge is 0.0629 e. The van der Waals surface area contributed by atoms with Crippen LogP contribution in [0.5, 0.6) is 0 Å². The third-order valence-electron chi connectivity index (χ3n) is 1.74. The lowest BCUT2D eigenvalue weighted by Crippen LogP contribution is -2.29. The normalized spacial score (nSPS) is 12.5. The van der Waals surface area contributed by atoms with Crippen LogP contribution in [-0.2, 0) is 4.74 Å². The van der Waals surface area contributed by atoms with E-state index in [1.165, 1.54) is 0 Å². The predicted molar refractivity (Wildman–Crippen MR) is 53.4 cm³/mol. The van der Waals surface area contributed by atoms with Crippen LogP contribution in [0.4, 0.5) is 0 Å². The molecule has 1 N–H and O–H groups in total. The summed E-state index contributed by atoms with van der Waals surface area (Å²) in [4.78, 5) is 0. The van der Waals surface area contributed by atoms with E-state index >= 15 is 0 Å². The summed E-state index contributed by atoms with van der Waals surface area (Å²) < 4.78 is 5.72. The first-order valence-electron chi connectivity index (χ1n) is 4.76. The minimum Gasteiger partial charge on any atom is -0.374 e. The maximum absolute atomic E-state index is 5.72. The van der Waals surface area contributed by atoms with Gasteiger partial charge in [-0.25, -0.2) is 0 Å². The zero-order valence-electron chi connectivity index (χ0n) is 9.11. The topological polar surface area (TPSA) is 21.3 Å². The molecule has 0 aromatic carbocycles. The summed E-state index contributed by atoms with van der Waals surface area (Å²) in [7, 11) is 1.94. The summed E-state index contributed by atoms with van der Waals surface area (Å²) in [6.07, 6.45) is 1.12. The van der Waals surface area contributed by atoms with Gasteiger partial charge in [0.15, 0.2) is 0 Å². The fourth-order valence-electron chi connectivity index (χ4n) is 1.47. The van der Waals surface area contributed by atoms with Crippen LogP contribution in [0.25, 0.3) is 0 Å². The average molecular weight is 173 g/mol. The molecule has 0 spiro atoms. The first-order chi connectivity index (χ1) is 5.48. The van der Waals surface area contributed by atoms with Crippen LogP contribution in [-0.4, -0.2) is 25.8 Å². The highest BCUT2D eigenvalue weighted by atomic mass is 16.5. The van der Waals surface area contributed by atoms with Gasteiger partial charge >= 0.3 is 0 Å². The van der Waals surface area contributed by atoms with Gasteiger partial charge < -0.3 is 10.1 Å². The Bertz CT molecular complexity index is 110. The van der Waals surface area contributed by atoms with Gasteiger partial charge in [-0.2, -0.15) is 0 Å². The third kappa shape index (κ3) is 6.62. The van der Waals surface area contributed by atoms with E-state index in [0.29, 0.717) is 5.92 Å². The van der Waals surface area contributed by atoms with Crippen molar-refractivity contribution in [1.29, 1.82) is 0 Å². The summed E-state index contributed by atoms with van der Waals surface area (Å²) in [5.74, 6) is 0.703. The van der Waals surface area contributed by atoms with E-state index in [-0.39, 0.29) is 5.60 Å². The molecule has 0 amide bonds. The van der Waals surface area contributed by atoms with Gasteiger partial charge in [0.25, 0.3) is 0 Å². The molecule has 0 atom stereocenters. The number of hydrogen-bond acceptors (Lipinski definition) is 2. The highest BCUT2D eigenvalue weighted by Gasteiger charge is 2.19. The minimum atomic E-state index is 0.0328. The summed E-state index contributed by atoms with van der Waals surface area (Å²) in [6.45, 7) is 10.5. The maximum atomic E-state index is 5.72. The average Bonchev–Trinajstić information content (AvgIpc) is 1.84. The highest BCUT2D eigenvalue weighted by Crippen LogP contribution is 2.19. The van der Waals surface area contributed by atoms with Gasteiger partial charge in [-0.3, -0.25) is 0 Å². The number of likely N-dealkylation sites (N-methyl/N-ethyl adjacent to an activating group) is 1. The number of hydrogen-bond donors (Lipinski definition) is 1. The molecule has 0 fully saturated rings. The Kier molecular flexibility index (Phi) is 5.51. The van der Waals surface area contributed by atoms with Crippen LogP contribution >= 0.6 is 0 Å². The molecule has 0 heterocycles. The molecule has 12 heavy (non-hydrogen) atoms. The van der Waals surface area contributed by atoms with Crippen LogP contribution in [0.1, 0.15) is 34.1 Å². The predicted octanol–water partition coefficient (Wildman–Crippen LogP) is 2.05. The second kappa shape index (κ2) is 5.55. The van der Waals surface area contributed by atoms with Crippen molar-refractivity contribution in [2.45, 2.75) is 39.7 Å². The molecule has 0 bridgehead atoms. The molecular weight excluding hydrogens is 150 g/mol. The largest absolute Gasteiger partial charge is 0.374 e. The van der Waals surface area contributed by atoms with E-state index in [2.05, 4.69) is 33.0 Å². The Morgan fingerprint density at radius 1 is 1.33 bits per heavy atom. The van der Waals surface area contributed by atoms with Crippen LogP contribution < -0.4 is 5.32 Å². The van der Waals surface area contributed by atoms with E-state index < -0.39 is 0 Å². The van der Waals surface area contributed by atoms with Gasteiger partial charge in [-0.1, -0.05) is 13.8 Å². The first-order valence-corrected chi connectivity index (χ1v) is 4.76. The number of rotatable bonds is 6. The molecule has 0 unspecified atom stereocenters. The van der Waals surface area contributed by atoms with E-state index in [9.17, 15) is 0 Å². The molecule has 0 aliphatic rings. The van der Waals surface area contributed by atoms with Crippen molar-refractivity contribution < 1.29 is 4.74 Å². The zero-order chi connectivity index (χ0) is 9.61. The quantitative estimate of drug-likeness (QED) is 0.621. The molecule has 0 saturated carbocycles. The van der Waals surface area contributed by atoms with Crippen LogP contribution in [0.2, 0.25) is 0 Å². The molecule has 0 aromatic heterocycles. The molecule has 74 valence electrons. The van der Waals surface area contributed by atoms with E-state index in [4.69, 9.17) is 4.74 Å². The Morgan fingerprint density at radius 3 is 2.33 bits per heavy atom. The minimum absolute atomic E-state index is 0.0328. The van der Waals surface area contributed by atoms with Gasteiger partial charge in [-0.05, 0) is 33.2 Å². The monoisotopic (exact) mass is 173 g/mol. The third-order valence-corrected chi connectivity index (χ3v) is 1.74. The van der Waals surface area contributed by atoms with E-state index in [1.54, 1.807) is 0 Å². The van der Waals surface area contributed by atoms with Gasteiger partial charge in [0, 0.05) is 6.54 Å². The van der Waals surface area contributed by atoms with Gasteiger partial charge in [0.1, 0.15) is 0 Å². The second-order valence-corrected chi connectivity index (χ2v) is 4.31. The Hall–Kier alpha value is -0.0800. The molecule has 0 aliphatic carbocycles. The van der Waals surface area contributed by atoms with E-state index in [0.717, 1.165) is 19.6 Å². The first kappa shape index (κ1) is 11.9. The van der Waals surface area contributed by atoms with Crippen molar-refractivity contribution in [3.63, 3.8) is 0 Å². The Morgan fingerprint density at radius 2 is 1.92 bits per heavy atom. The molecule has 0 radical (unpaired) electrons. The number of nitrogens with one attached hydrogen (secondary N) is 1. The SMILES string of the molecule is CNCCOC(C)(C)CC(C)C. The fourth-order valence-corrected chi connectivity index (χ4v) is 1.47. The summed E-state index contributed by atoms with van der Waals surface area (Å²) in [5, 5.41) is 3.07. The molecule has 0 aromatic rings. The Balaban J connectivity index is 3.56. The van der Waals surface area contributed by atoms with Crippen molar-refractivity contribution in [3.05, 3.63) is 0 Å².